The molecule has 2 aromatic carbocycles. The van der Waals surface area contributed by atoms with Gasteiger partial charge in [0.1, 0.15) is 11.6 Å². The van der Waals surface area contributed by atoms with Crippen LogP contribution in [0.3, 0.4) is 0 Å². The first-order valence-electron chi connectivity index (χ1n) is 9.27. The molecule has 162 valence electrons. The lowest BCUT2D eigenvalue weighted by molar-refractivity contribution is -0.113. The van der Waals surface area contributed by atoms with Gasteiger partial charge in [-0.15, -0.1) is 22.0 Å². The molecule has 0 aliphatic rings. The molecular formula is C21H21FN4O3S2. The van der Waals surface area contributed by atoms with Crippen LogP contribution >= 0.6 is 23.5 Å². The number of ether oxygens (including phenoxy) is 1. The van der Waals surface area contributed by atoms with Crippen LogP contribution in [0.4, 0.5) is 10.1 Å². The summed E-state index contributed by atoms with van der Waals surface area (Å²) < 4.78 is 19.5. The first-order valence-corrected chi connectivity index (χ1v) is 11.4. The molecular weight excluding hydrogens is 439 g/mol. The zero-order valence-corrected chi connectivity index (χ0v) is 18.6. The van der Waals surface area contributed by atoms with Gasteiger partial charge in [0, 0.05) is 18.5 Å². The van der Waals surface area contributed by atoms with Crippen molar-refractivity contribution < 1.29 is 18.7 Å². The molecule has 31 heavy (non-hydrogen) atoms. The fourth-order valence-corrected chi connectivity index (χ4v) is 4.27. The average molecular weight is 461 g/mol. The Kier molecular flexibility index (Phi) is 8.07. The maximum atomic E-state index is 13.0. The number of nitrogens with one attached hydrogen (secondary N) is 1. The van der Waals surface area contributed by atoms with Gasteiger partial charge in [-0.2, -0.15) is 0 Å². The van der Waals surface area contributed by atoms with E-state index in [2.05, 4.69) is 20.3 Å². The Balaban J connectivity index is 1.46. The average Bonchev–Trinajstić information content (AvgIpc) is 3.13. The molecule has 0 fully saturated rings. The van der Waals surface area contributed by atoms with Crippen molar-refractivity contribution in [1.82, 2.24) is 14.8 Å². The lowest BCUT2D eigenvalue weighted by Gasteiger charge is -2.06. The van der Waals surface area contributed by atoms with Crippen molar-refractivity contribution in [2.45, 2.75) is 16.7 Å². The van der Waals surface area contributed by atoms with Crippen LogP contribution in [0.2, 0.25) is 0 Å². The van der Waals surface area contributed by atoms with Gasteiger partial charge in [0.2, 0.25) is 5.91 Å². The number of aromatic nitrogens is 3. The monoisotopic (exact) mass is 460 g/mol. The van der Waals surface area contributed by atoms with Gasteiger partial charge in [0.15, 0.2) is 5.16 Å². The molecule has 0 saturated carbocycles. The van der Waals surface area contributed by atoms with Gasteiger partial charge in [-0.1, -0.05) is 23.9 Å². The molecule has 0 atom stereocenters. The summed E-state index contributed by atoms with van der Waals surface area (Å²) in [6.07, 6.45) is 0. The highest BCUT2D eigenvalue weighted by atomic mass is 32.2. The summed E-state index contributed by atoms with van der Waals surface area (Å²) in [5, 5.41) is 11.8. The third kappa shape index (κ3) is 6.56. The number of carbonyl (C=O) groups is 2. The standard InChI is InChI=1S/C21H21FN4O3S2/c1-26-18(12-30-11-14-3-7-16(22)8-4-14)24-25-21(26)31-13-19(27)23-17-9-5-15(6-10-17)20(28)29-2/h3-10H,11-13H2,1-2H3,(H,23,27). The maximum absolute atomic E-state index is 13.0. The molecule has 0 saturated heterocycles. The Bertz CT molecular complexity index is 1040. The zero-order chi connectivity index (χ0) is 22.2. The molecule has 3 rings (SSSR count). The topological polar surface area (TPSA) is 86.1 Å². The number of carbonyl (C=O) groups excluding carboxylic acids is 2. The number of anilines is 1. The van der Waals surface area contributed by atoms with Crippen molar-refractivity contribution >= 4 is 41.1 Å². The fourth-order valence-electron chi connectivity index (χ4n) is 2.57. The van der Waals surface area contributed by atoms with Crippen LogP contribution in [-0.2, 0) is 28.1 Å². The van der Waals surface area contributed by atoms with E-state index in [9.17, 15) is 14.0 Å². The minimum Gasteiger partial charge on any atom is -0.465 e. The number of hydrogen-bond acceptors (Lipinski definition) is 7. The van der Waals surface area contributed by atoms with Crippen LogP contribution in [-0.4, -0.2) is 39.5 Å². The van der Waals surface area contributed by atoms with E-state index in [1.807, 2.05) is 11.6 Å². The Hall–Kier alpha value is -2.85. The van der Waals surface area contributed by atoms with E-state index in [0.29, 0.717) is 22.2 Å². The van der Waals surface area contributed by atoms with E-state index < -0.39 is 5.97 Å². The maximum Gasteiger partial charge on any atom is 0.337 e. The molecule has 1 aromatic heterocycles. The molecule has 0 aliphatic carbocycles. The molecule has 1 amide bonds. The number of rotatable bonds is 9. The molecule has 10 heteroatoms. The van der Waals surface area contributed by atoms with E-state index >= 15 is 0 Å². The normalized spacial score (nSPS) is 10.7. The summed E-state index contributed by atoms with van der Waals surface area (Å²) in [5.41, 5.74) is 2.05. The first-order chi connectivity index (χ1) is 15.0. The fraction of sp³-hybridized carbons (Fsp3) is 0.238. The van der Waals surface area contributed by atoms with Crippen LogP contribution in [0.25, 0.3) is 0 Å². The van der Waals surface area contributed by atoms with Crippen LogP contribution in [0.1, 0.15) is 21.7 Å². The van der Waals surface area contributed by atoms with Gasteiger partial charge in [-0.25, -0.2) is 9.18 Å². The number of thioether (sulfide) groups is 2. The second kappa shape index (κ2) is 11.0. The third-order valence-electron chi connectivity index (χ3n) is 4.26. The Morgan fingerprint density at radius 3 is 2.45 bits per heavy atom. The summed E-state index contributed by atoms with van der Waals surface area (Å²) >= 11 is 2.95. The van der Waals surface area contributed by atoms with Crippen molar-refractivity contribution in [2.75, 3.05) is 18.2 Å². The Morgan fingerprint density at radius 1 is 1.06 bits per heavy atom. The SMILES string of the molecule is COC(=O)c1ccc(NC(=O)CSc2nnc(CSCc3ccc(F)cc3)n2C)cc1. The van der Waals surface area contributed by atoms with Crippen LogP contribution < -0.4 is 5.32 Å². The summed E-state index contributed by atoms with van der Waals surface area (Å²) in [5.74, 6) is 1.51. The lowest BCUT2D eigenvalue weighted by atomic mass is 10.2. The van der Waals surface area contributed by atoms with Gasteiger partial charge >= 0.3 is 5.97 Å². The van der Waals surface area contributed by atoms with Crippen LogP contribution in [0.15, 0.2) is 53.7 Å². The number of amides is 1. The van der Waals surface area contributed by atoms with Crippen molar-refractivity contribution in [3.8, 4) is 0 Å². The largest absolute Gasteiger partial charge is 0.465 e. The molecule has 0 bridgehead atoms. The second-order valence-electron chi connectivity index (χ2n) is 6.48. The van der Waals surface area contributed by atoms with Crippen molar-refractivity contribution in [3.63, 3.8) is 0 Å². The number of benzene rings is 2. The van der Waals surface area contributed by atoms with Crippen LogP contribution in [0.5, 0.6) is 0 Å². The number of nitrogens with zero attached hydrogens (tertiary/aromatic N) is 3. The van der Waals surface area contributed by atoms with Gasteiger partial charge in [-0.05, 0) is 42.0 Å². The van der Waals surface area contributed by atoms with E-state index in [1.54, 1.807) is 48.2 Å². The number of halogens is 1. The minimum absolute atomic E-state index is 0.174. The molecule has 7 nitrogen and oxygen atoms in total. The van der Waals surface area contributed by atoms with E-state index in [1.165, 1.54) is 31.0 Å². The van der Waals surface area contributed by atoms with Gasteiger partial charge < -0.3 is 14.6 Å². The van der Waals surface area contributed by atoms with E-state index in [-0.39, 0.29) is 17.5 Å². The summed E-state index contributed by atoms with van der Waals surface area (Å²) in [7, 11) is 3.18. The summed E-state index contributed by atoms with van der Waals surface area (Å²) in [6, 6.07) is 12.9. The Morgan fingerprint density at radius 2 is 1.77 bits per heavy atom. The van der Waals surface area contributed by atoms with Gasteiger partial charge in [0.05, 0.1) is 24.2 Å². The summed E-state index contributed by atoms with van der Waals surface area (Å²) in [6.45, 7) is 0. The summed E-state index contributed by atoms with van der Waals surface area (Å²) in [4.78, 5) is 23.7. The molecule has 3 aromatic rings. The Labute approximate surface area is 187 Å². The first kappa shape index (κ1) is 22.8. The molecule has 1 N–H and O–H groups in total. The predicted molar refractivity (Wildman–Crippen MR) is 120 cm³/mol. The van der Waals surface area contributed by atoms with Crippen molar-refractivity contribution in [2.24, 2.45) is 7.05 Å². The van der Waals surface area contributed by atoms with Crippen LogP contribution in [0, 0.1) is 5.82 Å². The highest BCUT2D eigenvalue weighted by Crippen LogP contribution is 2.21. The molecule has 1 heterocycles. The smallest absolute Gasteiger partial charge is 0.337 e. The van der Waals surface area contributed by atoms with E-state index in [0.717, 1.165) is 17.1 Å². The highest BCUT2D eigenvalue weighted by molar-refractivity contribution is 7.99. The number of esters is 1. The zero-order valence-electron chi connectivity index (χ0n) is 17.0. The van der Waals surface area contributed by atoms with Crippen molar-refractivity contribution in [1.29, 1.82) is 0 Å². The molecule has 0 unspecified atom stereocenters. The second-order valence-corrected chi connectivity index (χ2v) is 8.41. The van der Waals surface area contributed by atoms with Gasteiger partial charge in [-0.3, -0.25) is 4.79 Å². The number of hydrogen-bond donors (Lipinski definition) is 1. The lowest BCUT2D eigenvalue weighted by Crippen LogP contribution is -2.14. The molecule has 0 spiro atoms. The quantitative estimate of drug-likeness (QED) is 0.383. The van der Waals surface area contributed by atoms with Crippen molar-refractivity contribution in [3.05, 3.63) is 71.3 Å². The van der Waals surface area contributed by atoms with E-state index in [4.69, 9.17) is 0 Å². The highest BCUT2D eigenvalue weighted by Gasteiger charge is 2.12. The minimum atomic E-state index is -0.428. The predicted octanol–water partition coefficient (Wildman–Crippen LogP) is 3.91. The number of methoxy groups -OCH3 is 1. The molecule has 0 radical (unpaired) electrons. The third-order valence-corrected chi connectivity index (χ3v) is 6.28. The van der Waals surface area contributed by atoms with Gasteiger partial charge in [0.25, 0.3) is 0 Å². The molecule has 0 aliphatic heterocycles.